The van der Waals surface area contributed by atoms with Crippen LogP contribution in [0.25, 0.3) is 0 Å². The van der Waals surface area contributed by atoms with Crippen molar-refractivity contribution in [2.24, 2.45) is 0 Å². The molecule has 0 saturated heterocycles. The van der Waals surface area contributed by atoms with Crippen LogP contribution < -0.4 is 10.1 Å². The number of ether oxygens (including phenoxy) is 1. The van der Waals surface area contributed by atoms with E-state index in [2.05, 4.69) is 11.4 Å². The predicted molar refractivity (Wildman–Crippen MR) is 84.6 cm³/mol. The van der Waals surface area contributed by atoms with E-state index < -0.39 is 0 Å². The molecule has 0 saturated carbocycles. The monoisotopic (exact) mass is 300 g/mol. The standard InChI is InChI=1S/C17H17ClN2O/c1-21-17-10-13(11-19)5-6-15(17)7-8-20-12-14-3-2-4-16(18)9-14/h2-6,9-10,20H,7-8,12H2,1H3. The van der Waals surface area contributed by atoms with Crippen LogP contribution in [0.3, 0.4) is 0 Å². The first kappa shape index (κ1) is 15.4. The van der Waals surface area contributed by atoms with Crippen LogP contribution in [-0.4, -0.2) is 13.7 Å². The molecule has 0 aliphatic carbocycles. The average molecular weight is 301 g/mol. The minimum atomic E-state index is 0.613. The van der Waals surface area contributed by atoms with Crippen LogP contribution in [0.15, 0.2) is 42.5 Å². The van der Waals surface area contributed by atoms with Crippen LogP contribution >= 0.6 is 11.6 Å². The summed E-state index contributed by atoms with van der Waals surface area (Å²) in [5.74, 6) is 0.763. The Hall–Kier alpha value is -2.02. The molecule has 1 N–H and O–H groups in total. The normalized spacial score (nSPS) is 10.1. The van der Waals surface area contributed by atoms with Gasteiger partial charge < -0.3 is 10.1 Å². The largest absolute Gasteiger partial charge is 0.496 e. The molecule has 0 aromatic heterocycles. The minimum Gasteiger partial charge on any atom is -0.496 e. The molecule has 0 bridgehead atoms. The second-order valence-electron chi connectivity index (χ2n) is 4.70. The van der Waals surface area contributed by atoms with Gasteiger partial charge in [-0.05, 0) is 48.4 Å². The summed E-state index contributed by atoms with van der Waals surface area (Å²) >= 11 is 5.95. The molecule has 108 valence electrons. The van der Waals surface area contributed by atoms with Gasteiger partial charge in [0.15, 0.2) is 0 Å². The first-order valence-corrected chi connectivity index (χ1v) is 7.13. The van der Waals surface area contributed by atoms with Gasteiger partial charge in [-0.1, -0.05) is 29.8 Å². The van der Waals surface area contributed by atoms with Crippen molar-refractivity contribution in [3.63, 3.8) is 0 Å². The Kier molecular flexibility index (Phi) is 5.62. The zero-order valence-corrected chi connectivity index (χ0v) is 12.7. The number of halogens is 1. The molecule has 0 aliphatic rings. The van der Waals surface area contributed by atoms with E-state index >= 15 is 0 Å². The highest BCUT2D eigenvalue weighted by atomic mass is 35.5. The third kappa shape index (κ3) is 4.49. The van der Waals surface area contributed by atoms with Gasteiger partial charge in [-0.25, -0.2) is 0 Å². The zero-order valence-electron chi connectivity index (χ0n) is 11.9. The summed E-state index contributed by atoms with van der Waals surface area (Å²) in [5, 5.41) is 13.0. The summed E-state index contributed by atoms with van der Waals surface area (Å²) in [6, 6.07) is 15.5. The number of nitriles is 1. The van der Waals surface area contributed by atoms with Gasteiger partial charge >= 0.3 is 0 Å². The van der Waals surface area contributed by atoms with E-state index in [0.717, 1.165) is 41.4 Å². The summed E-state index contributed by atoms with van der Waals surface area (Å²) < 4.78 is 5.32. The van der Waals surface area contributed by atoms with Gasteiger partial charge in [0.05, 0.1) is 18.7 Å². The van der Waals surface area contributed by atoms with Crippen LogP contribution in [-0.2, 0) is 13.0 Å². The smallest absolute Gasteiger partial charge is 0.123 e. The number of nitrogens with one attached hydrogen (secondary N) is 1. The molecule has 2 aromatic carbocycles. The van der Waals surface area contributed by atoms with Crippen molar-refractivity contribution in [3.05, 3.63) is 64.2 Å². The van der Waals surface area contributed by atoms with Crippen molar-refractivity contribution >= 4 is 11.6 Å². The lowest BCUT2D eigenvalue weighted by Crippen LogP contribution is -2.17. The molecule has 0 amide bonds. The molecule has 0 unspecified atom stereocenters. The number of nitrogens with zero attached hydrogens (tertiary/aromatic N) is 1. The topological polar surface area (TPSA) is 45.0 Å². The molecule has 0 heterocycles. The summed E-state index contributed by atoms with van der Waals surface area (Å²) in [6.07, 6.45) is 0.843. The van der Waals surface area contributed by atoms with Crippen LogP contribution in [0.4, 0.5) is 0 Å². The number of hydrogen-bond donors (Lipinski definition) is 1. The van der Waals surface area contributed by atoms with Gasteiger partial charge in [-0.15, -0.1) is 0 Å². The maximum atomic E-state index is 8.88. The summed E-state index contributed by atoms with van der Waals surface area (Å²) in [6.45, 7) is 1.61. The Morgan fingerprint density at radius 2 is 2.10 bits per heavy atom. The molecule has 0 radical (unpaired) electrons. The molecule has 0 spiro atoms. The molecule has 21 heavy (non-hydrogen) atoms. The first-order valence-electron chi connectivity index (χ1n) is 6.75. The number of methoxy groups -OCH3 is 1. The third-order valence-corrected chi connectivity index (χ3v) is 3.44. The maximum absolute atomic E-state index is 8.88. The van der Waals surface area contributed by atoms with Gasteiger partial charge in [-0.3, -0.25) is 0 Å². The summed E-state index contributed by atoms with van der Waals surface area (Å²) in [7, 11) is 1.62. The summed E-state index contributed by atoms with van der Waals surface area (Å²) in [5.41, 5.74) is 2.87. The van der Waals surface area contributed by atoms with Crippen LogP contribution in [0, 0.1) is 11.3 Å². The number of benzene rings is 2. The van der Waals surface area contributed by atoms with Gasteiger partial charge in [0.2, 0.25) is 0 Å². The molecular weight excluding hydrogens is 284 g/mol. The van der Waals surface area contributed by atoms with Crippen LogP contribution in [0.1, 0.15) is 16.7 Å². The van der Waals surface area contributed by atoms with Crippen molar-refractivity contribution in [1.82, 2.24) is 5.32 Å². The lowest BCUT2D eigenvalue weighted by atomic mass is 10.1. The van der Waals surface area contributed by atoms with Gasteiger partial charge in [0, 0.05) is 11.6 Å². The Bertz CT molecular complexity index is 649. The van der Waals surface area contributed by atoms with E-state index in [4.69, 9.17) is 21.6 Å². The fourth-order valence-corrected chi connectivity index (χ4v) is 2.34. The fraction of sp³-hybridized carbons (Fsp3) is 0.235. The quantitative estimate of drug-likeness (QED) is 0.830. The first-order chi connectivity index (χ1) is 10.2. The van der Waals surface area contributed by atoms with Crippen molar-refractivity contribution in [2.75, 3.05) is 13.7 Å². The third-order valence-electron chi connectivity index (χ3n) is 3.21. The second-order valence-corrected chi connectivity index (χ2v) is 5.13. The Morgan fingerprint density at radius 1 is 1.24 bits per heavy atom. The molecule has 2 aromatic rings. The molecule has 2 rings (SSSR count). The van der Waals surface area contributed by atoms with E-state index in [9.17, 15) is 0 Å². The highest BCUT2D eigenvalue weighted by Gasteiger charge is 2.04. The molecule has 0 aliphatic heterocycles. The van der Waals surface area contributed by atoms with Crippen LogP contribution in [0.2, 0.25) is 5.02 Å². The maximum Gasteiger partial charge on any atom is 0.123 e. The van der Waals surface area contributed by atoms with Crippen molar-refractivity contribution in [1.29, 1.82) is 5.26 Å². The molecule has 0 fully saturated rings. The lowest BCUT2D eigenvalue weighted by Gasteiger charge is -2.10. The molecular formula is C17H17ClN2O. The van der Waals surface area contributed by atoms with Gasteiger partial charge in [-0.2, -0.15) is 5.26 Å². The van der Waals surface area contributed by atoms with Crippen molar-refractivity contribution < 1.29 is 4.74 Å². The number of hydrogen-bond acceptors (Lipinski definition) is 3. The van der Waals surface area contributed by atoms with Gasteiger partial charge in [0.25, 0.3) is 0 Å². The lowest BCUT2D eigenvalue weighted by molar-refractivity contribution is 0.409. The average Bonchev–Trinajstić information content (AvgIpc) is 2.51. The molecule has 0 atom stereocenters. The van der Waals surface area contributed by atoms with Crippen molar-refractivity contribution in [3.8, 4) is 11.8 Å². The highest BCUT2D eigenvalue weighted by molar-refractivity contribution is 6.30. The minimum absolute atomic E-state index is 0.613. The Balaban J connectivity index is 1.87. The molecule has 3 nitrogen and oxygen atoms in total. The SMILES string of the molecule is COc1cc(C#N)ccc1CCNCc1cccc(Cl)c1. The number of rotatable bonds is 6. The van der Waals surface area contributed by atoms with E-state index in [0.29, 0.717) is 5.56 Å². The van der Waals surface area contributed by atoms with Crippen LogP contribution in [0.5, 0.6) is 5.75 Å². The summed E-state index contributed by atoms with van der Waals surface area (Å²) in [4.78, 5) is 0. The van der Waals surface area contributed by atoms with E-state index in [1.807, 2.05) is 36.4 Å². The zero-order chi connectivity index (χ0) is 15.1. The van der Waals surface area contributed by atoms with Gasteiger partial charge in [0.1, 0.15) is 5.75 Å². The fourth-order valence-electron chi connectivity index (χ4n) is 2.12. The highest BCUT2D eigenvalue weighted by Crippen LogP contribution is 2.20. The van der Waals surface area contributed by atoms with E-state index in [-0.39, 0.29) is 0 Å². The Labute approximate surface area is 130 Å². The van der Waals surface area contributed by atoms with Crippen molar-refractivity contribution in [2.45, 2.75) is 13.0 Å². The predicted octanol–water partition coefficient (Wildman–Crippen LogP) is 3.55. The second kappa shape index (κ2) is 7.68. The van der Waals surface area contributed by atoms with E-state index in [1.54, 1.807) is 13.2 Å². The Morgan fingerprint density at radius 3 is 2.81 bits per heavy atom. The van der Waals surface area contributed by atoms with E-state index in [1.165, 1.54) is 0 Å². The molecule has 4 heteroatoms.